The molecule has 1 aliphatic rings. The molecule has 5 rings (SSSR count). The van der Waals surface area contributed by atoms with Crippen LogP contribution in [0.15, 0.2) is 97.1 Å². The van der Waals surface area contributed by atoms with Gasteiger partial charge in [-0.2, -0.15) is 0 Å². The number of fused-ring (bicyclic) bond motifs is 2. The molecule has 0 saturated carbocycles. The fraction of sp³-hybridized carbons (Fsp3) is 0.111. The molecule has 31 heavy (non-hydrogen) atoms. The van der Waals surface area contributed by atoms with E-state index < -0.39 is 0 Å². The van der Waals surface area contributed by atoms with Crippen LogP contribution in [0.5, 0.6) is 0 Å². The molecule has 0 bridgehead atoms. The van der Waals surface area contributed by atoms with Crippen LogP contribution < -0.4 is 4.90 Å². The van der Waals surface area contributed by atoms with E-state index in [0.717, 1.165) is 28.2 Å². The lowest BCUT2D eigenvalue weighted by molar-refractivity contribution is -0.384. The molecule has 0 radical (unpaired) electrons. The number of benzene rings is 4. The van der Waals surface area contributed by atoms with Crippen molar-refractivity contribution in [1.82, 2.24) is 0 Å². The molecule has 0 saturated heterocycles. The van der Waals surface area contributed by atoms with Gasteiger partial charge in [0.1, 0.15) is 0 Å². The highest BCUT2D eigenvalue weighted by molar-refractivity contribution is 5.88. The molecular weight excluding hydrogens is 384 g/mol. The molecule has 4 heteroatoms. The number of rotatable bonds is 3. The van der Waals surface area contributed by atoms with Crippen molar-refractivity contribution in [2.24, 2.45) is 0 Å². The van der Waals surface area contributed by atoms with Crippen molar-refractivity contribution in [3.8, 4) is 11.1 Å². The Balaban J connectivity index is 1.77. The number of hydrogen-bond donors (Lipinski definition) is 0. The standard InChI is InChI=1S/C27H22N2O2/c1-27(2)22-13-7-9-15-25(22)28(20-10-4-3-5-11-20)26-17-16-19(18-23(26)27)21-12-6-8-14-24(21)29(30)31/h3-18H,1-2H3. The Hall–Kier alpha value is -3.92. The minimum Gasteiger partial charge on any atom is -0.310 e. The largest absolute Gasteiger partial charge is 0.310 e. The molecule has 0 aliphatic carbocycles. The molecule has 1 aliphatic heterocycles. The minimum atomic E-state index is -0.314. The summed E-state index contributed by atoms with van der Waals surface area (Å²) in [7, 11) is 0. The molecule has 0 atom stereocenters. The average Bonchev–Trinajstić information content (AvgIpc) is 2.80. The first-order chi connectivity index (χ1) is 15.0. The van der Waals surface area contributed by atoms with Gasteiger partial charge in [0.2, 0.25) is 0 Å². The first-order valence-electron chi connectivity index (χ1n) is 10.3. The first kappa shape index (κ1) is 19.1. The zero-order valence-electron chi connectivity index (χ0n) is 17.4. The van der Waals surface area contributed by atoms with E-state index in [9.17, 15) is 10.1 Å². The van der Waals surface area contributed by atoms with Crippen LogP contribution in [-0.2, 0) is 5.41 Å². The zero-order valence-corrected chi connectivity index (χ0v) is 17.4. The number of nitrogens with zero attached hydrogens (tertiary/aromatic N) is 2. The highest BCUT2D eigenvalue weighted by Gasteiger charge is 2.37. The van der Waals surface area contributed by atoms with Crippen molar-refractivity contribution in [2.45, 2.75) is 19.3 Å². The highest BCUT2D eigenvalue weighted by Crippen LogP contribution is 2.52. The van der Waals surface area contributed by atoms with Gasteiger partial charge in [-0.3, -0.25) is 10.1 Å². The summed E-state index contributed by atoms with van der Waals surface area (Å²) < 4.78 is 0. The minimum absolute atomic E-state index is 0.122. The smallest absolute Gasteiger partial charge is 0.277 e. The summed E-state index contributed by atoms with van der Waals surface area (Å²) >= 11 is 0. The van der Waals surface area contributed by atoms with Crippen LogP contribution in [0.1, 0.15) is 25.0 Å². The molecule has 0 fully saturated rings. The number of nitro groups is 1. The Bertz CT molecular complexity index is 1300. The van der Waals surface area contributed by atoms with Gasteiger partial charge in [0.15, 0.2) is 0 Å². The number of anilines is 3. The van der Waals surface area contributed by atoms with Crippen molar-refractivity contribution in [1.29, 1.82) is 0 Å². The van der Waals surface area contributed by atoms with Gasteiger partial charge >= 0.3 is 0 Å². The monoisotopic (exact) mass is 406 g/mol. The van der Waals surface area contributed by atoms with Crippen molar-refractivity contribution >= 4 is 22.7 Å². The Labute approximate surface area is 181 Å². The van der Waals surface area contributed by atoms with E-state index in [-0.39, 0.29) is 16.0 Å². The van der Waals surface area contributed by atoms with Gasteiger partial charge in [0.25, 0.3) is 5.69 Å². The van der Waals surface area contributed by atoms with Gasteiger partial charge in [-0.05, 0) is 53.1 Å². The van der Waals surface area contributed by atoms with Gasteiger partial charge in [-0.25, -0.2) is 0 Å². The Kier molecular flexibility index (Phi) is 4.36. The third kappa shape index (κ3) is 2.99. The number of nitro benzene ring substituents is 1. The zero-order chi connectivity index (χ0) is 21.6. The fourth-order valence-electron chi connectivity index (χ4n) is 4.60. The van der Waals surface area contributed by atoms with Crippen molar-refractivity contribution in [3.05, 3.63) is 118 Å². The van der Waals surface area contributed by atoms with Gasteiger partial charge in [-0.15, -0.1) is 0 Å². The van der Waals surface area contributed by atoms with Crippen LogP contribution in [0.2, 0.25) is 0 Å². The number of hydrogen-bond acceptors (Lipinski definition) is 3. The maximum Gasteiger partial charge on any atom is 0.277 e. The second-order valence-corrected chi connectivity index (χ2v) is 8.32. The number of para-hydroxylation sites is 3. The maximum atomic E-state index is 11.6. The molecule has 4 aromatic carbocycles. The molecule has 0 aromatic heterocycles. The van der Waals surface area contributed by atoms with Crippen molar-refractivity contribution < 1.29 is 4.92 Å². The van der Waals surface area contributed by atoms with E-state index in [1.54, 1.807) is 12.1 Å². The molecule has 0 N–H and O–H groups in total. The van der Waals surface area contributed by atoms with Gasteiger partial charge < -0.3 is 4.90 Å². The predicted octanol–water partition coefficient (Wildman–Crippen LogP) is 7.37. The lowest BCUT2D eigenvalue weighted by atomic mass is 9.73. The van der Waals surface area contributed by atoms with E-state index in [0.29, 0.717) is 5.56 Å². The highest BCUT2D eigenvalue weighted by atomic mass is 16.6. The molecule has 4 aromatic rings. The summed E-state index contributed by atoms with van der Waals surface area (Å²) in [5.74, 6) is 0. The van der Waals surface area contributed by atoms with Gasteiger partial charge in [0.05, 0.1) is 21.9 Å². The molecule has 0 unspecified atom stereocenters. The Morgan fingerprint density at radius 1 is 0.742 bits per heavy atom. The maximum absolute atomic E-state index is 11.6. The van der Waals surface area contributed by atoms with Crippen LogP contribution in [0.25, 0.3) is 11.1 Å². The lowest BCUT2D eigenvalue weighted by Gasteiger charge is -2.42. The summed E-state index contributed by atoms with van der Waals surface area (Å²) in [6, 6.07) is 31.9. The molecular formula is C27H22N2O2. The second-order valence-electron chi connectivity index (χ2n) is 8.32. The molecule has 0 spiro atoms. The van der Waals surface area contributed by atoms with Crippen LogP contribution in [0.4, 0.5) is 22.7 Å². The van der Waals surface area contributed by atoms with E-state index in [2.05, 4.69) is 67.3 Å². The van der Waals surface area contributed by atoms with E-state index in [4.69, 9.17) is 0 Å². The summed E-state index contributed by atoms with van der Waals surface area (Å²) in [6.07, 6.45) is 0. The van der Waals surface area contributed by atoms with E-state index >= 15 is 0 Å². The van der Waals surface area contributed by atoms with Gasteiger partial charge in [0, 0.05) is 17.2 Å². The predicted molar refractivity (Wildman–Crippen MR) is 125 cm³/mol. The van der Waals surface area contributed by atoms with Crippen LogP contribution in [0.3, 0.4) is 0 Å². The summed E-state index contributed by atoms with van der Waals surface area (Å²) in [6.45, 7) is 4.44. The van der Waals surface area contributed by atoms with Crippen molar-refractivity contribution in [2.75, 3.05) is 4.90 Å². The summed E-state index contributed by atoms with van der Waals surface area (Å²) in [5.41, 5.74) is 7.07. The van der Waals surface area contributed by atoms with Gasteiger partial charge in [-0.1, -0.05) is 68.4 Å². The fourth-order valence-corrected chi connectivity index (χ4v) is 4.60. The molecule has 0 amide bonds. The third-order valence-electron chi connectivity index (χ3n) is 6.16. The average molecular weight is 406 g/mol. The molecule has 4 nitrogen and oxygen atoms in total. The van der Waals surface area contributed by atoms with E-state index in [1.807, 2.05) is 36.4 Å². The van der Waals surface area contributed by atoms with Crippen LogP contribution >= 0.6 is 0 Å². The molecule has 152 valence electrons. The summed E-state index contributed by atoms with van der Waals surface area (Å²) in [5, 5.41) is 11.6. The van der Waals surface area contributed by atoms with Crippen LogP contribution in [-0.4, -0.2) is 4.92 Å². The Morgan fingerprint density at radius 2 is 1.39 bits per heavy atom. The molecule has 1 heterocycles. The topological polar surface area (TPSA) is 46.4 Å². The Morgan fingerprint density at radius 3 is 2.16 bits per heavy atom. The second kappa shape index (κ2) is 7.10. The first-order valence-corrected chi connectivity index (χ1v) is 10.3. The quantitative estimate of drug-likeness (QED) is 0.263. The van der Waals surface area contributed by atoms with Crippen LogP contribution in [0, 0.1) is 10.1 Å². The normalized spacial score (nSPS) is 13.9. The van der Waals surface area contributed by atoms with E-state index in [1.165, 1.54) is 5.56 Å². The lowest BCUT2D eigenvalue weighted by Crippen LogP contribution is -2.30. The SMILES string of the molecule is CC1(C)c2ccccc2N(c2ccccc2)c2ccc(-c3ccccc3[N+](=O)[O-])cc21. The third-order valence-corrected chi connectivity index (χ3v) is 6.16. The summed E-state index contributed by atoms with van der Waals surface area (Å²) in [4.78, 5) is 13.6. The van der Waals surface area contributed by atoms with Crippen molar-refractivity contribution in [3.63, 3.8) is 0 Å².